The molecule has 2 N–H and O–H groups in total. The van der Waals surface area contributed by atoms with E-state index in [1.165, 1.54) is 12.1 Å². The van der Waals surface area contributed by atoms with Crippen molar-refractivity contribution in [1.29, 1.82) is 0 Å². The highest BCUT2D eigenvalue weighted by molar-refractivity contribution is 6.09. The van der Waals surface area contributed by atoms with Crippen molar-refractivity contribution in [3.8, 4) is 0 Å². The third-order valence-electron chi connectivity index (χ3n) is 6.16. The molecule has 0 saturated carbocycles. The number of carbonyl (C=O) groups excluding carboxylic acids is 1. The molecule has 2 aromatic rings. The maximum absolute atomic E-state index is 13.0. The van der Waals surface area contributed by atoms with Gasteiger partial charge >= 0.3 is 6.18 Å². The second kappa shape index (κ2) is 9.36. The summed E-state index contributed by atoms with van der Waals surface area (Å²) in [6, 6.07) is 13.4. The Morgan fingerprint density at radius 1 is 1.03 bits per heavy atom. The molecule has 7 heteroatoms. The normalized spacial score (nSPS) is 19.8. The lowest BCUT2D eigenvalue weighted by molar-refractivity contribution is -0.137. The number of rotatable bonds is 4. The molecule has 4 rings (SSSR count). The van der Waals surface area contributed by atoms with E-state index in [0.717, 1.165) is 55.9 Å². The third-order valence-corrected chi connectivity index (χ3v) is 6.16. The first kappa shape index (κ1) is 22.4. The van der Waals surface area contributed by atoms with Gasteiger partial charge in [0.1, 0.15) is 0 Å². The monoisotopic (exact) mass is 443 g/mol. The number of benzene rings is 2. The van der Waals surface area contributed by atoms with Crippen molar-refractivity contribution in [2.45, 2.75) is 44.8 Å². The summed E-state index contributed by atoms with van der Waals surface area (Å²) in [7, 11) is 0. The van der Waals surface area contributed by atoms with Gasteiger partial charge in [-0.25, -0.2) is 0 Å². The highest BCUT2D eigenvalue weighted by Crippen LogP contribution is 2.35. The summed E-state index contributed by atoms with van der Waals surface area (Å²) in [5, 5.41) is 6.40. The van der Waals surface area contributed by atoms with Crippen molar-refractivity contribution < 1.29 is 18.0 Å². The quantitative estimate of drug-likeness (QED) is 0.659. The Balaban J connectivity index is 1.50. The number of piperazine rings is 1. The first-order valence-electron chi connectivity index (χ1n) is 11.1. The summed E-state index contributed by atoms with van der Waals surface area (Å²) in [6.45, 7) is 4.99. The van der Waals surface area contributed by atoms with Crippen molar-refractivity contribution >= 4 is 22.9 Å². The standard InChI is InChI=1S/C25H28F3N3O/c1-17-16-31(15-14-29-17)21-12-10-20(11-13-21)30-24(32)23-5-3-2-4-22(23)18-6-8-19(9-7-18)25(26,27)28/h6-13,17,29H,2-5,14-16H2,1H3,(H,30,32). The summed E-state index contributed by atoms with van der Waals surface area (Å²) in [5.41, 5.74) is 3.35. The smallest absolute Gasteiger partial charge is 0.369 e. The molecule has 2 aromatic carbocycles. The molecule has 1 heterocycles. The van der Waals surface area contributed by atoms with Gasteiger partial charge in [-0.15, -0.1) is 0 Å². The molecule has 1 saturated heterocycles. The number of allylic oxidation sites excluding steroid dienone is 1. The van der Waals surface area contributed by atoms with E-state index in [1.807, 2.05) is 24.3 Å². The van der Waals surface area contributed by atoms with Crippen LogP contribution in [0.1, 0.15) is 43.7 Å². The van der Waals surface area contributed by atoms with Crippen LogP contribution in [0.15, 0.2) is 54.1 Å². The summed E-state index contributed by atoms with van der Waals surface area (Å²) in [5.74, 6) is -0.178. The number of nitrogens with one attached hydrogen (secondary N) is 2. The molecule has 32 heavy (non-hydrogen) atoms. The number of halogens is 3. The minimum atomic E-state index is -4.37. The number of alkyl halides is 3. The summed E-state index contributed by atoms with van der Waals surface area (Å²) in [4.78, 5) is 15.4. The lowest BCUT2D eigenvalue weighted by Gasteiger charge is -2.33. The Morgan fingerprint density at radius 3 is 2.38 bits per heavy atom. The van der Waals surface area contributed by atoms with Crippen molar-refractivity contribution in [3.05, 3.63) is 65.2 Å². The Bertz CT molecular complexity index is 981. The van der Waals surface area contributed by atoms with Crippen LogP contribution in [-0.4, -0.2) is 31.6 Å². The lowest BCUT2D eigenvalue weighted by atomic mass is 9.86. The van der Waals surface area contributed by atoms with E-state index >= 15 is 0 Å². The van der Waals surface area contributed by atoms with Crippen LogP contribution in [0.2, 0.25) is 0 Å². The van der Waals surface area contributed by atoms with Gasteiger partial charge in [0, 0.05) is 42.6 Å². The average molecular weight is 444 g/mol. The van der Waals surface area contributed by atoms with Crippen molar-refractivity contribution in [2.24, 2.45) is 0 Å². The van der Waals surface area contributed by atoms with Crippen LogP contribution in [0.3, 0.4) is 0 Å². The zero-order valence-electron chi connectivity index (χ0n) is 18.1. The number of anilines is 2. The lowest BCUT2D eigenvalue weighted by Crippen LogP contribution is -2.49. The topological polar surface area (TPSA) is 44.4 Å². The molecule has 1 amide bonds. The zero-order valence-corrected chi connectivity index (χ0v) is 18.1. The van der Waals surface area contributed by atoms with E-state index in [-0.39, 0.29) is 5.91 Å². The zero-order chi connectivity index (χ0) is 22.7. The number of amides is 1. The highest BCUT2D eigenvalue weighted by atomic mass is 19.4. The van der Waals surface area contributed by atoms with E-state index in [1.54, 1.807) is 0 Å². The summed E-state index contributed by atoms with van der Waals surface area (Å²) in [6.07, 6.45) is -1.24. The van der Waals surface area contributed by atoms with Crippen LogP contribution in [0.5, 0.6) is 0 Å². The van der Waals surface area contributed by atoms with Crippen LogP contribution >= 0.6 is 0 Å². The van der Waals surface area contributed by atoms with Gasteiger partial charge in [-0.1, -0.05) is 12.1 Å². The number of hydrogen-bond acceptors (Lipinski definition) is 3. The van der Waals surface area contributed by atoms with Gasteiger partial charge in [0.15, 0.2) is 0 Å². The first-order chi connectivity index (χ1) is 15.3. The van der Waals surface area contributed by atoms with Crippen LogP contribution < -0.4 is 15.5 Å². The molecule has 170 valence electrons. The second-order valence-electron chi connectivity index (χ2n) is 8.54. The minimum Gasteiger partial charge on any atom is -0.369 e. The number of hydrogen-bond donors (Lipinski definition) is 2. The van der Waals surface area contributed by atoms with Gasteiger partial charge in [-0.2, -0.15) is 13.2 Å². The summed E-state index contributed by atoms with van der Waals surface area (Å²) >= 11 is 0. The molecule has 0 spiro atoms. The van der Waals surface area contributed by atoms with Gasteiger partial charge < -0.3 is 15.5 Å². The van der Waals surface area contributed by atoms with Crippen molar-refractivity contribution in [3.63, 3.8) is 0 Å². The molecular formula is C25H28F3N3O. The van der Waals surface area contributed by atoms with E-state index in [0.29, 0.717) is 35.7 Å². The highest BCUT2D eigenvalue weighted by Gasteiger charge is 2.30. The molecule has 1 fully saturated rings. The minimum absolute atomic E-state index is 0.178. The third kappa shape index (κ3) is 5.15. The Labute approximate surface area is 186 Å². The van der Waals surface area contributed by atoms with E-state index in [2.05, 4.69) is 22.5 Å². The Hall–Kier alpha value is -2.80. The Kier molecular flexibility index (Phi) is 6.55. The fraction of sp³-hybridized carbons (Fsp3) is 0.400. The molecule has 0 aromatic heterocycles. The van der Waals surface area contributed by atoms with Crippen LogP contribution in [-0.2, 0) is 11.0 Å². The molecule has 1 atom stereocenters. The average Bonchev–Trinajstić information content (AvgIpc) is 2.79. The summed E-state index contributed by atoms with van der Waals surface area (Å²) < 4.78 is 38.7. The van der Waals surface area contributed by atoms with E-state index < -0.39 is 11.7 Å². The molecule has 0 bridgehead atoms. The maximum Gasteiger partial charge on any atom is 0.416 e. The number of carbonyl (C=O) groups is 1. The molecule has 1 unspecified atom stereocenters. The molecular weight excluding hydrogens is 415 g/mol. The van der Waals surface area contributed by atoms with Gasteiger partial charge in [0.2, 0.25) is 0 Å². The predicted molar refractivity (Wildman–Crippen MR) is 122 cm³/mol. The van der Waals surface area contributed by atoms with Crippen LogP contribution in [0, 0.1) is 0 Å². The molecule has 1 aliphatic heterocycles. The van der Waals surface area contributed by atoms with Gasteiger partial charge in [-0.3, -0.25) is 4.79 Å². The van der Waals surface area contributed by atoms with Gasteiger partial charge in [0.05, 0.1) is 5.56 Å². The van der Waals surface area contributed by atoms with Crippen LogP contribution in [0.4, 0.5) is 24.5 Å². The fourth-order valence-electron chi connectivity index (χ4n) is 4.46. The Morgan fingerprint density at radius 2 is 1.72 bits per heavy atom. The van der Waals surface area contributed by atoms with Gasteiger partial charge in [-0.05, 0) is 80.1 Å². The molecule has 4 nitrogen and oxygen atoms in total. The predicted octanol–water partition coefficient (Wildman–Crippen LogP) is 5.47. The van der Waals surface area contributed by atoms with Crippen molar-refractivity contribution in [2.75, 3.05) is 29.9 Å². The maximum atomic E-state index is 13.0. The molecule has 2 aliphatic rings. The second-order valence-corrected chi connectivity index (χ2v) is 8.54. The van der Waals surface area contributed by atoms with Gasteiger partial charge in [0.25, 0.3) is 5.91 Å². The van der Waals surface area contributed by atoms with Crippen molar-refractivity contribution in [1.82, 2.24) is 5.32 Å². The number of nitrogens with zero attached hydrogens (tertiary/aromatic N) is 1. The molecule has 1 aliphatic carbocycles. The largest absolute Gasteiger partial charge is 0.416 e. The first-order valence-corrected chi connectivity index (χ1v) is 11.1. The van der Waals surface area contributed by atoms with E-state index in [9.17, 15) is 18.0 Å². The SMILES string of the molecule is CC1CN(c2ccc(NC(=O)C3=C(c4ccc(C(F)(F)F)cc4)CCCC3)cc2)CCN1. The van der Waals surface area contributed by atoms with E-state index in [4.69, 9.17) is 0 Å². The fourth-order valence-corrected chi connectivity index (χ4v) is 4.46. The van der Waals surface area contributed by atoms with Crippen LogP contribution in [0.25, 0.3) is 5.57 Å². The molecule has 0 radical (unpaired) electrons.